The van der Waals surface area contributed by atoms with Crippen molar-refractivity contribution in [2.45, 2.75) is 38.0 Å². The first-order valence-electron chi connectivity index (χ1n) is 7.99. The van der Waals surface area contributed by atoms with E-state index in [-0.39, 0.29) is 23.9 Å². The Morgan fingerprint density at radius 3 is 2.42 bits per heavy atom. The first kappa shape index (κ1) is 18.7. The average Bonchev–Trinajstić information content (AvgIpc) is 2.48. The van der Waals surface area contributed by atoms with Crippen LogP contribution in [0.15, 0.2) is 24.3 Å². The Morgan fingerprint density at radius 2 is 1.88 bits per heavy atom. The summed E-state index contributed by atoms with van der Waals surface area (Å²) in [6.45, 7) is 3.15. The maximum absolute atomic E-state index is 12.8. The number of rotatable bonds is 5. The lowest BCUT2D eigenvalue weighted by Gasteiger charge is -2.36. The number of nitrogens with two attached hydrogens (primary N) is 1. The Labute approximate surface area is 139 Å². The molecule has 1 aromatic carbocycles. The zero-order valence-electron chi connectivity index (χ0n) is 13.6. The molecule has 0 aromatic heterocycles. The second-order valence-corrected chi connectivity index (χ2v) is 6.74. The number of carbonyl (C=O) groups is 1. The van der Waals surface area contributed by atoms with E-state index in [2.05, 4.69) is 0 Å². The van der Waals surface area contributed by atoms with Crippen LogP contribution >= 0.6 is 0 Å². The maximum atomic E-state index is 12.8. The van der Waals surface area contributed by atoms with Crippen molar-refractivity contribution in [2.75, 3.05) is 19.6 Å². The van der Waals surface area contributed by atoms with Gasteiger partial charge in [0.25, 0.3) is 0 Å². The van der Waals surface area contributed by atoms with E-state index in [1.807, 2.05) is 4.90 Å². The summed E-state index contributed by atoms with van der Waals surface area (Å²) in [5.74, 6) is -0.0679. The van der Waals surface area contributed by atoms with Gasteiger partial charge >= 0.3 is 6.18 Å². The molecule has 0 bridgehead atoms. The van der Waals surface area contributed by atoms with Gasteiger partial charge in [-0.15, -0.1) is 0 Å². The lowest BCUT2D eigenvalue weighted by Crippen LogP contribution is -2.43. The Hall–Kier alpha value is -1.60. The van der Waals surface area contributed by atoms with Crippen molar-refractivity contribution in [2.24, 2.45) is 11.7 Å². The van der Waals surface area contributed by atoms with Gasteiger partial charge in [-0.1, -0.05) is 12.1 Å². The van der Waals surface area contributed by atoms with Crippen molar-refractivity contribution in [3.63, 3.8) is 0 Å². The lowest BCUT2D eigenvalue weighted by molar-refractivity contribution is -0.137. The molecular weight excluding hydrogens is 321 g/mol. The average molecular weight is 344 g/mol. The third kappa shape index (κ3) is 4.95. The molecule has 4 nitrogen and oxygen atoms in total. The molecule has 1 unspecified atom stereocenters. The van der Waals surface area contributed by atoms with Gasteiger partial charge in [0.2, 0.25) is 5.91 Å². The summed E-state index contributed by atoms with van der Waals surface area (Å²) in [5, 5.41) is 10.7. The van der Waals surface area contributed by atoms with E-state index in [0.717, 1.165) is 25.0 Å². The van der Waals surface area contributed by atoms with E-state index < -0.39 is 17.3 Å². The van der Waals surface area contributed by atoms with Gasteiger partial charge in [0.1, 0.15) is 0 Å². The second-order valence-electron chi connectivity index (χ2n) is 6.74. The van der Waals surface area contributed by atoms with Crippen LogP contribution in [0, 0.1) is 5.92 Å². The van der Waals surface area contributed by atoms with Crippen molar-refractivity contribution >= 4 is 5.91 Å². The van der Waals surface area contributed by atoms with Crippen LogP contribution in [0.25, 0.3) is 0 Å². The molecule has 1 aromatic rings. The minimum absolute atomic E-state index is 0.247. The Morgan fingerprint density at radius 1 is 1.29 bits per heavy atom. The Balaban J connectivity index is 2.00. The molecule has 24 heavy (non-hydrogen) atoms. The monoisotopic (exact) mass is 344 g/mol. The number of piperidine rings is 1. The number of hydrogen-bond acceptors (Lipinski definition) is 3. The zero-order valence-corrected chi connectivity index (χ0v) is 13.6. The summed E-state index contributed by atoms with van der Waals surface area (Å²) in [6.07, 6.45) is -2.49. The van der Waals surface area contributed by atoms with Crippen LogP contribution in [0.4, 0.5) is 13.2 Å². The number of hydrogen-bond donors (Lipinski definition) is 2. The predicted octanol–water partition coefficient (Wildman–Crippen LogP) is 2.50. The number of carbonyl (C=O) groups excluding carboxylic acids is 1. The molecular formula is C17H23F3N2O2. The number of nitrogens with zero attached hydrogens (tertiary/aromatic N) is 1. The van der Waals surface area contributed by atoms with Gasteiger partial charge < -0.3 is 15.7 Å². The van der Waals surface area contributed by atoms with Gasteiger partial charge in [-0.05, 0) is 56.5 Å². The van der Waals surface area contributed by atoms with Crippen LogP contribution < -0.4 is 5.73 Å². The molecule has 0 radical (unpaired) electrons. The standard InChI is InChI=1S/C17H23F3N2O2/c1-16(24,13-3-2-4-14(10-13)17(18,19)20)11-22-7-5-12(6-8-22)9-15(21)23/h2-4,10,12,24H,5-9,11H2,1H3,(H2,21,23). The van der Waals surface area contributed by atoms with Crippen LogP contribution in [0.2, 0.25) is 0 Å². The molecule has 1 heterocycles. The highest BCUT2D eigenvalue weighted by Crippen LogP contribution is 2.33. The maximum Gasteiger partial charge on any atom is 0.416 e. The molecule has 0 spiro atoms. The highest BCUT2D eigenvalue weighted by molar-refractivity contribution is 5.73. The minimum atomic E-state index is -4.43. The number of benzene rings is 1. The molecule has 1 amide bonds. The number of β-amino-alcohol motifs (C(OH)–C–C–N with tert-alkyl or cyclic N) is 1. The summed E-state index contributed by atoms with van der Waals surface area (Å²) in [5.41, 5.74) is 3.31. The number of likely N-dealkylation sites (tertiary alicyclic amines) is 1. The molecule has 1 atom stereocenters. The molecule has 7 heteroatoms. The molecule has 2 rings (SSSR count). The molecule has 0 aliphatic carbocycles. The zero-order chi connectivity index (χ0) is 18.0. The highest BCUT2D eigenvalue weighted by atomic mass is 19.4. The largest absolute Gasteiger partial charge is 0.416 e. The number of aliphatic hydroxyl groups is 1. The van der Waals surface area contributed by atoms with Gasteiger partial charge in [0.05, 0.1) is 11.2 Å². The topological polar surface area (TPSA) is 66.6 Å². The quantitative estimate of drug-likeness (QED) is 0.862. The van der Waals surface area contributed by atoms with Crippen molar-refractivity contribution in [3.05, 3.63) is 35.4 Å². The van der Waals surface area contributed by atoms with Gasteiger partial charge in [0.15, 0.2) is 0 Å². The predicted molar refractivity (Wildman–Crippen MR) is 84.0 cm³/mol. The summed E-state index contributed by atoms with van der Waals surface area (Å²) in [6, 6.07) is 4.82. The van der Waals surface area contributed by atoms with Crippen LogP contribution in [-0.4, -0.2) is 35.5 Å². The first-order valence-corrected chi connectivity index (χ1v) is 7.99. The van der Waals surface area contributed by atoms with Gasteiger partial charge in [-0.3, -0.25) is 4.79 Å². The van der Waals surface area contributed by atoms with E-state index in [1.54, 1.807) is 0 Å². The molecule has 1 saturated heterocycles. The minimum Gasteiger partial charge on any atom is -0.384 e. The third-order valence-corrected chi connectivity index (χ3v) is 4.54. The first-order chi connectivity index (χ1) is 11.1. The second kappa shape index (κ2) is 7.11. The summed E-state index contributed by atoms with van der Waals surface area (Å²) in [7, 11) is 0. The van der Waals surface area contributed by atoms with Crippen molar-refractivity contribution < 1.29 is 23.1 Å². The van der Waals surface area contributed by atoms with E-state index in [1.165, 1.54) is 19.1 Å². The van der Waals surface area contributed by atoms with Gasteiger partial charge in [0, 0.05) is 13.0 Å². The van der Waals surface area contributed by atoms with E-state index in [0.29, 0.717) is 19.5 Å². The fraction of sp³-hybridized carbons (Fsp3) is 0.588. The number of primary amides is 1. The molecule has 0 saturated carbocycles. The number of alkyl halides is 3. The lowest BCUT2D eigenvalue weighted by atomic mass is 9.90. The Kier molecular flexibility index (Phi) is 5.55. The van der Waals surface area contributed by atoms with E-state index in [9.17, 15) is 23.1 Å². The van der Waals surface area contributed by atoms with Crippen LogP contribution in [0.3, 0.4) is 0 Å². The smallest absolute Gasteiger partial charge is 0.384 e. The summed E-state index contributed by atoms with van der Waals surface area (Å²) < 4.78 is 38.5. The summed E-state index contributed by atoms with van der Waals surface area (Å²) in [4.78, 5) is 13.0. The van der Waals surface area contributed by atoms with Crippen molar-refractivity contribution in [1.82, 2.24) is 4.90 Å². The SMILES string of the molecule is CC(O)(CN1CCC(CC(N)=O)CC1)c1cccc(C(F)(F)F)c1. The fourth-order valence-corrected chi connectivity index (χ4v) is 3.19. The van der Waals surface area contributed by atoms with Crippen LogP contribution in [0.1, 0.15) is 37.3 Å². The van der Waals surface area contributed by atoms with Crippen molar-refractivity contribution in [1.29, 1.82) is 0 Å². The Bertz CT molecular complexity index is 579. The molecule has 1 aliphatic rings. The molecule has 3 N–H and O–H groups in total. The van der Waals surface area contributed by atoms with E-state index >= 15 is 0 Å². The normalized spacial score (nSPS) is 19.9. The van der Waals surface area contributed by atoms with Crippen LogP contribution in [0.5, 0.6) is 0 Å². The highest BCUT2D eigenvalue weighted by Gasteiger charge is 2.34. The van der Waals surface area contributed by atoms with Gasteiger partial charge in [-0.2, -0.15) is 13.2 Å². The molecule has 1 aliphatic heterocycles. The third-order valence-electron chi connectivity index (χ3n) is 4.54. The summed E-state index contributed by atoms with van der Waals surface area (Å²) >= 11 is 0. The van der Waals surface area contributed by atoms with Crippen LogP contribution in [-0.2, 0) is 16.6 Å². The van der Waals surface area contributed by atoms with E-state index in [4.69, 9.17) is 5.73 Å². The molecule has 1 fully saturated rings. The molecule has 134 valence electrons. The fourth-order valence-electron chi connectivity index (χ4n) is 3.19. The van der Waals surface area contributed by atoms with Gasteiger partial charge in [-0.25, -0.2) is 0 Å². The van der Waals surface area contributed by atoms with Crippen molar-refractivity contribution in [3.8, 4) is 0 Å². The number of halogens is 3. The number of amides is 1.